The van der Waals surface area contributed by atoms with Crippen LogP contribution in [-0.2, 0) is 15.7 Å². The van der Waals surface area contributed by atoms with Crippen molar-refractivity contribution in [3.05, 3.63) is 69.2 Å². The minimum atomic E-state index is -4.54. The molecule has 4 nitrogen and oxygen atoms in total. The molecule has 27 heavy (non-hydrogen) atoms. The van der Waals surface area contributed by atoms with E-state index in [9.17, 15) is 22.8 Å². The summed E-state index contributed by atoms with van der Waals surface area (Å²) in [5.41, 5.74) is -0.712. The molecule has 2 aromatic rings. The lowest BCUT2D eigenvalue weighted by molar-refractivity contribution is -0.137. The fourth-order valence-electron chi connectivity index (χ4n) is 2.10. The Balaban J connectivity index is 2.24. The zero-order valence-electron chi connectivity index (χ0n) is 13.7. The second-order valence-corrected chi connectivity index (χ2v) is 6.08. The molecule has 0 atom stereocenters. The normalized spacial score (nSPS) is 11.5. The van der Waals surface area contributed by atoms with Crippen LogP contribution in [0.4, 0.5) is 18.9 Å². The molecule has 1 N–H and O–H groups in total. The number of halogens is 5. The third-order valence-corrected chi connectivity index (χ3v) is 3.96. The third-order valence-electron chi connectivity index (χ3n) is 3.38. The Morgan fingerprint density at radius 3 is 2.44 bits per heavy atom. The molecule has 0 aliphatic carbocycles. The summed E-state index contributed by atoms with van der Waals surface area (Å²) in [5, 5.41) is 2.74. The molecule has 142 valence electrons. The number of nitrogens with one attached hydrogen (secondary N) is 1. The van der Waals surface area contributed by atoms with Crippen molar-refractivity contribution >= 4 is 46.8 Å². The van der Waals surface area contributed by atoms with E-state index in [2.05, 4.69) is 10.1 Å². The molecular formula is C18H12Cl2F3NO3. The van der Waals surface area contributed by atoms with Crippen LogP contribution in [0.25, 0.3) is 6.08 Å². The van der Waals surface area contributed by atoms with Crippen molar-refractivity contribution in [1.82, 2.24) is 0 Å². The van der Waals surface area contributed by atoms with Crippen molar-refractivity contribution in [2.75, 3.05) is 12.4 Å². The van der Waals surface area contributed by atoms with Gasteiger partial charge in [0.1, 0.15) is 0 Å². The highest BCUT2D eigenvalue weighted by Gasteiger charge is 2.30. The first-order chi connectivity index (χ1) is 12.6. The second kappa shape index (κ2) is 8.45. The third kappa shape index (κ3) is 5.48. The highest BCUT2D eigenvalue weighted by atomic mass is 35.5. The van der Waals surface area contributed by atoms with Gasteiger partial charge in [0.05, 0.1) is 23.9 Å². The average molecular weight is 418 g/mol. The second-order valence-electron chi connectivity index (χ2n) is 5.24. The first kappa shape index (κ1) is 20.8. The molecule has 9 heteroatoms. The number of anilines is 1. The molecule has 0 saturated heterocycles. The van der Waals surface area contributed by atoms with Gasteiger partial charge >= 0.3 is 12.1 Å². The number of amides is 1. The van der Waals surface area contributed by atoms with Gasteiger partial charge in [-0.3, -0.25) is 4.79 Å². The Hall–Kier alpha value is -2.51. The molecule has 1 amide bonds. The molecule has 0 bridgehead atoms. The van der Waals surface area contributed by atoms with E-state index in [0.717, 1.165) is 30.4 Å². The van der Waals surface area contributed by atoms with Crippen LogP contribution in [0, 0.1) is 0 Å². The first-order valence-electron chi connectivity index (χ1n) is 7.35. The summed E-state index contributed by atoms with van der Waals surface area (Å²) >= 11 is 11.7. The van der Waals surface area contributed by atoms with Gasteiger partial charge in [0.15, 0.2) is 0 Å². The van der Waals surface area contributed by atoms with Gasteiger partial charge < -0.3 is 10.1 Å². The van der Waals surface area contributed by atoms with Gasteiger partial charge in [0, 0.05) is 16.1 Å². The van der Waals surface area contributed by atoms with Gasteiger partial charge in [0.25, 0.3) is 0 Å². The average Bonchev–Trinajstić information content (AvgIpc) is 2.59. The number of methoxy groups -OCH3 is 1. The van der Waals surface area contributed by atoms with E-state index in [0.29, 0.717) is 0 Å². The molecule has 0 aliphatic rings. The number of hydrogen-bond donors (Lipinski definition) is 1. The maximum absolute atomic E-state index is 12.8. The number of benzene rings is 2. The molecule has 0 saturated carbocycles. The lowest BCUT2D eigenvalue weighted by Crippen LogP contribution is -2.13. The van der Waals surface area contributed by atoms with Crippen molar-refractivity contribution in [3.8, 4) is 0 Å². The summed E-state index contributed by atoms with van der Waals surface area (Å²) in [7, 11) is 1.18. The summed E-state index contributed by atoms with van der Waals surface area (Å²) in [5.74, 6) is -1.39. The summed E-state index contributed by atoms with van der Waals surface area (Å²) in [4.78, 5) is 23.8. The van der Waals surface area contributed by atoms with Crippen molar-refractivity contribution in [3.63, 3.8) is 0 Å². The van der Waals surface area contributed by atoms with Gasteiger partial charge in [0.2, 0.25) is 5.91 Å². The molecule has 2 rings (SSSR count). The van der Waals surface area contributed by atoms with Crippen LogP contribution in [0.3, 0.4) is 0 Å². The van der Waals surface area contributed by atoms with Crippen LogP contribution in [0.2, 0.25) is 10.0 Å². The number of carbonyl (C=O) groups excluding carboxylic acids is 2. The van der Waals surface area contributed by atoms with Crippen LogP contribution in [-0.4, -0.2) is 19.0 Å². The Morgan fingerprint density at radius 2 is 1.81 bits per heavy atom. The molecule has 0 unspecified atom stereocenters. The van der Waals surface area contributed by atoms with E-state index in [4.69, 9.17) is 23.2 Å². The molecule has 0 fully saturated rings. The molecule has 2 aromatic carbocycles. The first-order valence-corrected chi connectivity index (χ1v) is 8.11. The van der Waals surface area contributed by atoms with Crippen molar-refractivity contribution < 1.29 is 27.5 Å². The lowest BCUT2D eigenvalue weighted by Gasteiger charge is -2.09. The minimum absolute atomic E-state index is 0.0147. The predicted molar refractivity (Wildman–Crippen MR) is 96.9 cm³/mol. The van der Waals surface area contributed by atoms with Gasteiger partial charge in [-0.25, -0.2) is 4.79 Å². The van der Waals surface area contributed by atoms with E-state index in [1.54, 1.807) is 0 Å². The van der Waals surface area contributed by atoms with Gasteiger partial charge in [-0.15, -0.1) is 0 Å². The summed E-state index contributed by atoms with van der Waals surface area (Å²) in [6.07, 6.45) is -2.41. The van der Waals surface area contributed by atoms with Crippen LogP contribution < -0.4 is 5.32 Å². The quantitative estimate of drug-likeness (QED) is 0.531. The van der Waals surface area contributed by atoms with Crippen LogP contribution >= 0.6 is 23.2 Å². The van der Waals surface area contributed by atoms with Crippen molar-refractivity contribution in [2.45, 2.75) is 6.18 Å². The number of hydrogen-bond acceptors (Lipinski definition) is 3. The van der Waals surface area contributed by atoms with E-state index >= 15 is 0 Å². The largest absolute Gasteiger partial charge is 0.465 e. The maximum Gasteiger partial charge on any atom is 0.416 e. The topological polar surface area (TPSA) is 55.4 Å². The van der Waals surface area contributed by atoms with E-state index < -0.39 is 23.6 Å². The van der Waals surface area contributed by atoms with Crippen LogP contribution in [0.15, 0.2) is 42.5 Å². The molecular weight excluding hydrogens is 406 g/mol. The minimum Gasteiger partial charge on any atom is -0.465 e. The number of alkyl halides is 3. The summed E-state index contributed by atoms with van der Waals surface area (Å²) < 4.78 is 42.9. The van der Waals surface area contributed by atoms with E-state index in [1.165, 1.54) is 25.3 Å². The molecule has 0 heterocycles. The number of rotatable bonds is 4. The highest BCUT2D eigenvalue weighted by molar-refractivity contribution is 6.32. The summed E-state index contributed by atoms with van der Waals surface area (Å²) in [6, 6.07) is 6.92. The van der Waals surface area contributed by atoms with Crippen LogP contribution in [0.1, 0.15) is 21.5 Å². The zero-order valence-corrected chi connectivity index (χ0v) is 15.2. The van der Waals surface area contributed by atoms with Crippen LogP contribution in [0.5, 0.6) is 0 Å². The predicted octanol–water partition coefficient (Wildman–Crippen LogP) is 5.45. The molecule has 0 aliphatic heterocycles. The van der Waals surface area contributed by atoms with E-state index in [-0.39, 0.29) is 26.9 Å². The molecule has 0 radical (unpaired) electrons. The lowest BCUT2D eigenvalue weighted by atomic mass is 10.1. The Bertz CT molecular complexity index is 911. The van der Waals surface area contributed by atoms with Gasteiger partial charge in [-0.2, -0.15) is 13.2 Å². The zero-order chi connectivity index (χ0) is 20.2. The monoisotopic (exact) mass is 417 g/mol. The number of ether oxygens (including phenoxy) is 1. The number of carbonyl (C=O) groups is 2. The molecule has 0 aromatic heterocycles. The van der Waals surface area contributed by atoms with E-state index in [1.807, 2.05) is 0 Å². The number of esters is 1. The molecule has 0 spiro atoms. The highest BCUT2D eigenvalue weighted by Crippen LogP contribution is 2.32. The SMILES string of the molecule is COC(=O)c1ccc(Cl)cc1NC(=O)/C=C/c1cc(C(F)(F)F)ccc1Cl. The summed E-state index contributed by atoms with van der Waals surface area (Å²) in [6.45, 7) is 0. The van der Waals surface area contributed by atoms with Gasteiger partial charge in [-0.05, 0) is 48.0 Å². The standard InChI is InChI=1S/C18H12Cl2F3NO3/c1-27-17(26)13-5-4-12(19)9-15(13)24-16(25)7-2-10-8-11(18(21,22)23)3-6-14(10)20/h2-9H,1H3,(H,24,25)/b7-2+. The fraction of sp³-hybridized carbons (Fsp3) is 0.111. The Kier molecular flexibility index (Phi) is 6.51. The fourth-order valence-corrected chi connectivity index (χ4v) is 2.45. The Morgan fingerprint density at radius 1 is 1.11 bits per heavy atom. The van der Waals surface area contributed by atoms with Crippen molar-refractivity contribution in [2.24, 2.45) is 0 Å². The maximum atomic E-state index is 12.8. The van der Waals surface area contributed by atoms with Crippen molar-refractivity contribution in [1.29, 1.82) is 0 Å². The van der Waals surface area contributed by atoms with Gasteiger partial charge in [-0.1, -0.05) is 23.2 Å². The smallest absolute Gasteiger partial charge is 0.416 e. The Labute approximate surface area is 162 Å².